The third kappa shape index (κ3) is 2.21. The predicted octanol–water partition coefficient (Wildman–Crippen LogP) is 0.783. The van der Waals surface area contributed by atoms with E-state index < -0.39 is 17.4 Å². The van der Waals surface area contributed by atoms with E-state index in [4.69, 9.17) is 5.11 Å². The number of aromatic nitrogens is 2. The van der Waals surface area contributed by atoms with Crippen molar-refractivity contribution in [1.82, 2.24) is 15.3 Å². The Kier molecular flexibility index (Phi) is 3.65. The molecule has 0 bridgehead atoms. The molecule has 0 atom stereocenters. The van der Waals surface area contributed by atoms with Crippen LogP contribution in [0.5, 0.6) is 0 Å². The molecule has 88 valence electrons. The van der Waals surface area contributed by atoms with Gasteiger partial charge in [0.05, 0.1) is 12.5 Å². The Morgan fingerprint density at radius 2 is 2.12 bits per heavy atom. The summed E-state index contributed by atoms with van der Waals surface area (Å²) < 4.78 is 0. The van der Waals surface area contributed by atoms with Crippen molar-refractivity contribution >= 4 is 11.9 Å². The van der Waals surface area contributed by atoms with Crippen LogP contribution in [0.3, 0.4) is 0 Å². The van der Waals surface area contributed by atoms with Gasteiger partial charge >= 0.3 is 5.97 Å². The molecule has 0 aromatic carbocycles. The monoisotopic (exact) mass is 225 g/mol. The molecule has 6 nitrogen and oxygen atoms in total. The van der Waals surface area contributed by atoms with Crippen molar-refractivity contribution in [3.63, 3.8) is 0 Å². The van der Waals surface area contributed by atoms with Gasteiger partial charge in [0.1, 0.15) is 11.2 Å². The minimum absolute atomic E-state index is 0.257. The van der Waals surface area contributed by atoms with Crippen molar-refractivity contribution in [3.8, 4) is 0 Å². The molecule has 3 N–H and O–H groups in total. The van der Waals surface area contributed by atoms with E-state index in [1.54, 1.807) is 13.8 Å². The molecule has 1 rings (SSSR count). The largest absolute Gasteiger partial charge is 0.480 e. The average Bonchev–Trinajstić information content (AvgIpc) is 2.78. The molecular weight excluding hydrogens is 210 g/mol. The van der Waals surface area contributed by atoms with E-state index in [9.17, 15) is 9.59 Å². The highest BCUT2D eigenvalue weighted by atomic mass is 16.4. The average molecular weight is 225 g/mol. The van der Waals surface area contributed by atoms with Gasteiger partial charge in [0.25, 0.3) is 5.91 Å². The lowest BCUT2D eigenvalue weighted by Crippen LogP contribution is -2.53. The zero-order valence-electron chi connectivity index (χ0n) is 9.28. The molecule has 6 heteroatoms. The first-order valence-electron chi connectivity index (χ1n) is 5.10. The molecule has 0 aliphatic carbocycles. The SMILES string of the molecule is CCC(CC)(NC(=O)c1cnc[nH]1)C(=O)O. The zero-order valence-corrected chi connectivity index (χ0v) is 9.28. The van der Waals surface area contributed by atoms with Crippen LogP contribution >= 0.6 is 0 Å². The smallest absolute Gasteiger partial charge is 0.329 e. The van der Waals surface area contributed by atoms with E-state index in [1.807, 2.05) is 0 Å². The van der Waals surface area contributed by atoms with Crippen LogP contribution in [0.25, 0.3) is 0 Å². The standard InChI is InChI=1S/C10H15N3O3/c1-3-10(4-2,9(15)16)13-8(14)7-5-11-6-12-7/h5-6H,3-4H2,1-2H3,(H,11,12)(H,13,14)(H,15,16). The summed E-state index contributed by atoms with van der Waals surface area (Å²) in [6, 6.07) is 0. The fraction of sp³-hybridized carbons (Fsp3) is 0.500. The van der Waals surface area contributed by atoms with E-state index in [1.165, 1.54) is 12.5 Å². The Hall–Kier alpha value is -1.85. The topological polar surface area (TPSA) is 95.1 Å². The lowest BCUT2D eigenvalue weighted by Gasteiger charge is -2.27. The molecule has 0 saturated carbocycles. The van der Waals surface area contributed by atoms with Gasteiger partial charge < -0.3 is 15.4 Å². The number of nitrogens with one attached hydrogen (secondary N) is 2. The summed E-state index contributed by atoms with van der Waals surface area (Å²) in [5, 5.41) is 11.7. The zero-order chi connectivity index (χ0) is 12.2. The molecule has 0 radical (unpaired) electrons. The van der Waals surface area contributed by atoms with Crippen molar-refractivity contribution in [2.24, 2.45) is 0 Å². The Morgan fingerprint density at radius 1 is 1.50 bits per heavy atom. The molecule has 0 unspecified atom stereocenters. The number of hydrogen-bond donors (Lipinski definition) is 3. The van der Waals surface area contributed by atoms with E-state index in [0.29, 0.717) is 12.8 Å². The Labute approximate surface area is 93.1 Å². The second-order valence-electron chi connectivity index (χ2n) is 3.51. The number of carbonyl (C=O) groups is 2. The number of hydrogen-bond acceptors (Lipinski definition) is 3. The number of carbonyl (C=O) groups excluding carboxylic acids is 1. The maximum absolute atomic E-state index is 11.7. The number of nitrogens with zero attached hydrogens (tertiary/aromatic N) is 1. The Balaban J connectivity index is 2.84. The maximum atomic E-state index is 11.7. The van der Waals surface area contributed by atoms with Crippen LogP contribution in [-0.2, 0) is 4.79 Å². The van der Waals surface area contributed by atoms with Gasteiger partial charge in [-0.25, -0.2) is 9.78 Å². The molecule has 0 aliphatic heterocycles. The number of carboxylic acids is 1. The molecule has 0 spiro atoms. The van der Waals surface area contributed by atoms with Crippen molar-refractivity contribution in [1.29, 1.82) is 0 Å². The van der Waals surface area contributed by atoms with Crippen LogP contribution in [0.4, 0.5) is 0 Å². The fourth-order valence-electron chi connectivity index (χ4n) is 1.45. The van der Waals surface area contributed by atoms with Gasteiger partial charge in [-0.3, -0.25) is 4.79 Å². The van der Waals surface area contributed by atoms with Crippen LogP contribution in [0.1, 0.15) is 37.2 Å². The second-order valence-corrected chi connectivity index (χ2v) is 3.51. The number of imidazole rings is 1. The normalized spacial score (nSPS) is 11.1. The first-order valence-corrected chi connectivity index (χ1v) is 5.10. The van der Waals surface area contributed by atoms with Gasteiger partial charge in [0, 0.05) is 0 Å². The number of aromatic amines is 1. The lowest BCUT2D eigenvalue weighted by atomic mass is 9.93. The van der Waals surface area contributed by atoms with Crippen LogP contribution < -0.4 is 5.32 Å². The molecular formula is C10H15N3O3. The molecule has 1 aromatic rings. The molecule has 16 heavy (non-hydrogen) atoms. The summed E-state index contributed by atoms with van der Waals surface area (Å²) in [5.41, 5.74) is -0.949. The van der Waals surface area contributed by atoms with Crippen molar-refractivity contribution in [2.45, 2.75) is 32.2 Å². The highest BCUT2D eigenvalue weighted by Crippen LogP contribution is 2.16. The third-order valence-corrected chi connectivity index (χ3v) is 2.71. The van der Waals surface area contributed by atoms with Crippen LogP contribution in [0, 0.1) is 0 Å². The summed E-state index contributed by atoms with van der Waals surface area (Å²) in [6.45, 7) is 3.45. The number of rotatable bonds is 5. The van der Waals surface area contributed by atoms with Gasteiger partial charge in [-0.2, -0.15) is 0 Å². The third-order valence-electron chi connectivity index (χ3n) is 2.71. The fourth-order valence-corrected chi connectivity index (χ4v) is 1.45. The molecule has 0 aliphatic rings. The number of amides is 1. The number of carboxylic acid groups (broad SMARTS) is 1. The Bertz CT molecular complexity index is 369. The summed E-state index contributed by atoms with van der Waals surface area (Å²) in [6.07, 6.45) is 3.39. The minimum Gasteiger partial charge on any atom is -0.480 e. The predicted molar refractivity (Wildman–Crippen MR) is 57.0 cm³/mol. The first kappa shape index (κ1) is 12.2. The van der Waals surface area contributed by atoms with Gasteiger partial charge in [-0.15, -0.1) is 0 Å². The lowest BCUT2D eigenvalue weighted by molar-refractivity contribution is -0.144. The molecule has 0 saturated heterocycles. The number of aliphatic carboxylic acids is 1. The first-order chi connectivity index (χ1) is 7.55. The van der Waals surface area contributed by atoms with Crippen LogP contribution in [-0.4, -0.2) is 32.5 Å². The Morgan fingerprint density at radius 3 is 2.50 bits per heavy atom. The van der Waals surface area contributed by atoms with E-state index in [0.717, 1.165) is 0 Å². The quantitative estimate of drug-likeness (QED) is 0.690. The maximum Gasteiger partial charge on any atom is 0.329 e. The van der Waals surface area contributed by atoms with Gasteiger partial charge in [-0.05, 0) is 12.8 Å². The molecule has 0 fully saturated rings. The van der Waals surface area contributed by atoms with Gasteiger partial charge in [0.2, 0.25) is 0 Å². The second kappa shape index (κ2) is 4.78. The number of H-pyrrole nitrogens is 1. The summed E-state index contributed by atoms with van der Waals surface area (Å²) >= 11 is 0. The molecule has 1 amide bonds. The highest BCUT2D eigenvalue weighted by molar-refractivity contribution is 5.96. The summed E-state index contributed by atoms with van der Waals surface area (Å²) in [5.74, 6) is -1.48. The summed E-state index contributed by atoms with van der Waals surface area (Å²) in [7, 11) is 0. The van der Waals surface area contributed by atoms with E-state index in [2.05, 4.69) is 15.3 Å². The minimum atomic E-state index is -1.21. The van der Waals surface area contributed by atoms with Gasteiger partial charge in [-0.1, -0.05) is 13.8 Å². The van der Waals surface area contributed by atoms with Crippen LogP contribution in [0.15, 0.2) is 12.5 Å². The van der Waals surface area contributed by atoms with Crippen molar-refractivity contribution in [2.75, 3.05) is 0 Å². The highest BCUT2D eigenvalue weighted by Gasteiger charge is 2.36. The molecule has 1 aromatic heterocycles. The van der Waals surface area contributed by atoms with Gasteiger partial charge in [0.15, 0.2) is 0 Å². The van der Waals surface area contributed by atoms with E-state index >= 15 is 0 Å². The van der Waals surface area contributed by atoms with Crippen LogP contribution in [0.2, 0.25) is 0 Å². The van der Waals surface area contributed by atoms with Crippen molar-refractivity contribution < 1.29 is 14.7 Å². The van der Waals surface area contributed by atoms with Crippen molar-refractivity contribution in [3.05, 3.63) is 18.2 Å². The van der Waals surface area contributed by atoms with E-state index in [-0.39, 0.29) is 5.69 Å². The summed E-state index contributed by atoms with van der Waals surface area (Å²) in [4.78, 5) is 29.2. The molecule has 1 heterocycles.